The molecule has 0 aliphatic carbocycles. The van der Waals surface area contributed by atoms with Crippen molar-refractivity contribution < 1.29 is 9.13 Å². The van der Waals surface area contributed by atoms with Crippen molar-refractivity contribution in [2.45, 2.75) is 19.5 Å². The number of benzene rings is 2. The first-order valence-corrected chi connectivity index (χ1v) is 9.89. The second kappa shape index (κ2) is 10.8. The molecule has 2 aromatic rings. The molecule has 28 heavy (non-hydrogen) atoms. The Morgan fingerprint density at radius 3 is 2.46 bits per heavy atom. The number of hydrogen-bond acceptors (Lipinski definition) is 3. The van der Waals surface area contributed by atoms with Crippen LogP contribution < -0.4 is 10.6 Å². The quantitative estimate of drug-likeness (QED) is 0.569. The maximum absolute atomic E-state index is 13.1. The molecule has 0 spiro atoms. The minimum absolute atomic E-state index is 0.228. The predicted molar refractivity (Wildman–Crippen MR) is 111 cm³/mol. The van der Waals surface area contributed by atoms with E-state index in [2.05, 4.69) is 44.8 Å². The number of rotatable bonds is 7. The highest BCUT2D eigenvalue weighted by molar-refractivity contribution is 5.79. The van der Waals surface area contributed by atoms with E-state index >= 15 is 0 Å². The standard InChI is InChI=1S/C22H29FN4O/c1-2-24-22(25-16-18-8-10-20(23)11-9-18)26-17-21(19-6-4-3-5-7-19)27-12-14-28-15-13-27/h3-11,21H,2,12-17H2,1H3,(H2,24,25,26). The summed E-state index contributed by atoms with van der Waals surface area (Å²) in [5.74, 6) is 0.537. The van der Waals surface area contributed by atoms with E-state index in [-0.39, 0.29) is 11.9 Å². The fourth-order valence-electron chi connectivity index (χ4n) is 3.32. The number of nitrogens with zero attached hydrogens (tertiary/aromatic N) is 2. The molecule has 1 heterocycles. The summed E-state index contributed by atoms with van der Waals surface area (Å²) >= 11 is 0. The van der Waals surface area contributed by atoms with Crippen LogP contribution in [0.4, 0.5) is 4.39 Å². The highest BCUT2D eigenvalue weighted by atomic mass is 19.1. The van der Waals surface area contributed by atoms with Crippen LogP contribution in [0.15, 0.2) is 59.6 Å². The third kappa shape index (κ3) is 6.04. The first kappa shape index (κ1) is 20.3. The Hall–Kier alpha value is -2.44. The van der Waals surface area contributed by atoms with Crippen LogP contribution in [0.1, 0.15) is 24.1 Å². The van der Waals surface area contributed by atoms with Crippen LogP contribution in [0, 0.1) is 5.82 Å². The van der Waals surface area contributed by atoms with Gasteiger partial charge in [-0.1, -0.05) is 42.5 Å². The van der Waals surface area contributed by atoms with E-state index in [0.29, 0.717) is 6.54 Å². The van der Waals surface area contributed by atoms with Crippen LogP contribution in [0.3, 0.4) is 0 Å². The molecule has 2 aromatic carbocycles. The molecule has 1 atom stereocenters. The number of ether oxygens (including phenoxy) is 1. The average Bonchev–Trinajstić information content (AvgIpc) is 2.75. The summed E-state index contributed by atoms with van der Waals surface area (Å²) < 4.78 is 18.6. The Balaban J connectivity index is 1.67. The molecule has 1 aliphatic rings. The molecule has 6 heteroatoms. The molecule has 1 saturated heterocycles. The zero-order valence-corrected chi connectivity index (χ0v) is 16.4. The third-order valence-electron chi connectivity index (χ3n) is 4.81. The van der Waals surface area contributed by atoms with Gasteiger partial charge in [0, 0.05) is 26.2 Å². The largest absolute Gasteiger partial charge is 0.379 e. The molecule has 3 rings (SSSR count). The number of halogens is 1. The molecule has 1 fully saturated rings. The van der Waals surface area contributed by atoms with Crippen molar-refractivity contribution in [3.8, 4) is 0 Å². The Morgan fingerprint density at radius 2 is 1.79 bits per heavy atom. The van der Waals surface area contributed by atoms with Crippen LogP contribution >= 0.6 is 0 Å². The fraction of sp³-hybridized carbons (Fsp3) is 0.409. The van der Waals surface area contributed by atoms with Crippen molar-refractivity contribution >= 4 is 5.96 Å². The fourth-order valence-corrected chi connectivity index (χ4v) is 3.32. The molecule has 2 N–H and O–H groups in total. The summed E-state index contributed by atoms with van der Waals surface area (Å²) in [6, 6.07) is 17.3. The average molecular weight is 384 g/mol. The molecule has 0 saturated carbocycles. The summed E-state index contributed by atoms with van der Waals surface area (Å²) in [5.41, 5.74) is 2.26. The van der Waals surface area contributed by atoms with Gasteiger partial charge < -0.3 is 15.4 Å². The summed E-state index contributed by atoms with van der Waals surface area (Å²) in [6.45, 7) is 7.45. The minimum Gasteiger partial charge on any atom is -0.379 e. The molecule has 0 aromatic heterocycles. The van der Waals surface area contributed by atoms with E-state index in [1.807, 2.05) is 13.0 Å². The molecule has 1 unspecified atom stereocenters. The Morgan fingerprint density at radius 1 is 1.07 bits per heavy atom. The maximum atomic E-state index is 13.1. The maximum Gasteiger partial charge on any atom is 0.191 e. The van der Waals surface area contributed by atoms with Crippen molar-refractivity contribution in [1.82, 2.24) is 15.5 Å². The summed E-state index contributed by atoms with van der Waals surface area (Å²) in [5, 5.41) is 6.78. The minimum atomic E-state index is -0.228. The normalized spacial score (nSPS) is 16.6. The summed E-state index contributed by atoms with van der Waals surface area (Å²) in [6.07, 6.45) is 0. The van der Waals surface area contributed by atoms with Gasteiger partial charge in [-0.05, 0) is 30.2 Å². The van der Waals surface area contributed by atoms with Gasteiger partial charge in [-0.15, -0.1) is 0 Å². The molecule has 0 amide bonds. The van der Waals surface area contributed by atoms with Gasteiger partial charge in [-0.2, -0.15) is 0 Å². The Bertz CT molecular complexity index is 730. The lowest BCUT2D eigenvalue weighted by Crippen LogP contribution is -2.46. The number of nitrogens with one attached hydrogen (secondary N) is 2. The van der Waals surface area contributed by atoms with Crippen LogP contribution in [0.2, 0.25) is 0 Å². The smallest absolute Gasteiger partial charge is 0.191 e. The molecule has 5 nitrogen and oxygen atoms in total. The van der Waals surface area contributed by atoms with Gasteiger partial charge in [-0.3, -0.25) is 4.90 Å². The molecule has 0 bridgehead atoms. The van der Waals surface area contributed by atoms with Crippen molar-refractivity contribution in [3.05, 3.63) is 71.5 Å². The van der Waals surface area contributed by atoms with E-state index in [4.69, 9.17) is 4.74 Å². The second-order valence-corrected chi connectivity index (χ2v) is 6.78. The summed E-state index contributed by atoms with van der Waals surface area (Å²) in [7, 11) is 0. The molecular formula is C22H29FN4O. The van der Waals surface area contributed by atoms with Crippen LogP contribution in [-0.4, -0.2) is 50.3 Å². The first-order chi connectivity index (χ1) is 13.8. The number of hydrogen-bond donors (Lipinski definition) is 2. The van der Waals surface area contributed by atoms with Gasteiger partial charge in [0.05, 0.1) is 25.8 Å². The molecule has 1 aliphatic heterocycles. The third-order valence-corrected chi connectivity index (χ3v) is 4.81. The number of aliphatic imine (C=N–C) groups is 1. The van der Waals surface area contributed by atoms with Crippen molar-refractivity contribution in [3.63, 3.8) is 0 Å². The van der Waals surface area contributed by atoms with Gasteiger partial charge >= 0.3 is 0 Å². The number of morpholine rings is 1. The van der Waals surface area contributed by atoms with E-state index in [1.54, 1.807) is 12.1 Å². The van der Waals surface area contributed by atoms with E-state index < -0.39 is 0 Å². The second-order valence-electron chi connectivity index (χ2n) is 6.78. The van der Waals surface area contributed by atoms with Gasteiger partial charge in [0.15, 0.2) is 5.96 Å². The lowest BCUT2D eigenvalue weighted by molar-refractivity contribution is 0.0170. The van der Waals surface area contributed by atoms with E-state index in [0.717, 1.165) is 50.9 Å². The summed E-state index contributed by atoms with van der Waals surface area (Å²) in [4.78, 5) is 7.11. The Labute approximate surface area is 166 Å². The SMILES string of the molecule is CCNC(=NCc1ccc(F)cc1)NCC(c1ccccc1)N1CCOCC1. The lowest BCUT2D eigenvalue weighted by Gasteiger charge is -2.35. The zero-order chi connectivity index (χ0) is 19.6. The van der Waals surface area contributed by atoms with Crippen molar-refractivity contribution in [2.75, 3.05) is 39.4 Å². The highest BCUT2D eigenvalue weighted by Gasteiger charge is 2.22. The van der Waals surface area contributed by atoms with Crippen molar-refractivity contribution in [2.24, 2.45) is 4.99 Å². The van der Waals surface area contributed by atoms with Gasteiger partial charge in [-0.25, -0.2) is 9.38 Å². The molecule has 0 radical (unpaired) electrons. The zero-order valence-electron chi connectivity index (χ0n) is 16.4. The van der Waals surface area contributed by atoms with Crippen molar-refractivity contribution in [1.29, 1.82) is 0 Å². The topological polar surface area (TPSA) is 48.9 Å². The van der Waals surface area contributed by atoms with Crippen LogP contribution in [-0.2, 0) is 11.3 Å². The monoisotopic (exact) mass is 384 g/mol. The first-order valence-electron chi connectivity index (χ1n) is 9.89. The predicted octanol–water partition coefficient (Wildman–Crippen LogP) is 2.95. The van der Waals surface area contributed by atoms with E-state index in [9.17, 15) is 4.39 Å². The number of guanidine groups is 1. The molecular weight excluding hydrogens is 355 g/mol. The van der Waals surface area contributed by atoms with Gasteiger partial charge in [0.2, 0.25) is 0 Å². The molecule has 150 valence electrons. The lowest BCUT2D eigenvalue weighted by atomic mass is 10.0. The van der Waals surface area contributed by atoms with Crippen LogP contribution in [0.25, 0.3) is 0 Å². The highest BCUT2D eigenvalue weighted by Crippen LogP contribution is 2.21. The van der Waals surface area contributed by atoms with E-state index in [1.165, 1.54) is 17.7 Å². The van der Waals surface area contributed by atoms with Gasteiger partial charge in [0.1, 0.15) is 5.82 Å². The van der Waals surface area contributed by atoms with Gasteiger partial charge in [0.25, 0.3) is 0 Å². The van der Waals surface area contributed by atoms with Crippen LogP contribution in [0.5, 0.6) is 0 Å². The Kier molecular flexibility index (Phi) is 7.82.